The van der Waals surface area contributed by atoms with Gasteiger partial charge in [0.2, 0.25) is 0 Å². The highest BCUT2D eigenvalue weighted by atomic mass is 16.3. The minimum atomic E-state index is 0.896. The van der Waals surface area contributed by atoms with Gasteiger partial charge in [-0.3, -0.25) is 0 Å². The fourth-order valence-corrected chi connectivity index (χ4v) is 9.35. The van der Waals surface area contributed by atoms with Crippen LogP contribution in [0.2, 0.25) is 0 Å². The van der Waals surface area contributed by atoms with E-state index in [9.17, 15) is 0 Å². The van der Waals surface area contributed by atoms with E-state index in [-0.39, 0.29) is 0 Å². The van der Waals surface area contributed by atoms with E-state index in [1.54, 1.807) is 0 Å². The monoisotopic (exact) mass is 815 g/mol. The first-order chi connectivity index (χ1) is 31.7. The lowest BCUT2D eigenvalue weighted by Crippen LogP contribution is -2.09. The topological polar surface area (TPSA) is 16.4 Å². The van der Waals surface area contributed by atoms with Crippen LogP contribution < -0.4 is 4.90 Å². The van der Waals surface area contributed by atoms with Gasteiger partial charge in [0.05, 0.1) is 0 Å². The largest absolute Gasteiger partial charge is 0.455 e. The van der Waals surface area contributed by atoms with Crippen molar-refractivity contribution in [3.05, 3.63) is 249 Å². The lowest BCUT2D eigenvalue weighted by molar-refractivity contribution is 0.673. The Kier molecular flexibility index (Phi) is 9.20. The zero-order valence-corrected chi connectivity index (χ0v) is 35.0. The Balaban J connectivity index is 0.888. The number of rotatable bonds is 8. The van der Waals surface area contributed by atoms with Crippen LogP contribution in [0.1, 0.15) is 0 Å². The quantitative estimate of drug-likeness (QED) is 0.152. The van der Waals surface area contributed by atoms with Crippen molar-refractivity contribution >= 4 is 60.5 Å². The zero-order chi connectivity index (χ0) is 42.4. The average Bonchev–Trinajstić information content (AvgIpc) is 3.77. The summed E-state index contributed by atoms with van der Waals surface area (Å²) in [5.41, 5.74) is 17.0. The van der Waals surface area contributed by atoms with E-state index in [1.165, 1.54) is 60.7 Å². The number of hydrogen-bond donors (Lipinski definition) is 0. The number of benzene rings is 11. The second-order valence-corrected chi connectivity index (χ2v) is 16.5. The highest BCUT2D eigenvalue weighted by Gasteiger charge is 2.17. The summed E-state index contributed by atoms with van der Waals surface area (Å²) in [6, 6.07) is 89.6. The Labute approximate surface area is 372 Å². The van der Waals surface area contributed by atoms with Gasteiger partial charge < -0.3 is 9.32 Å². The summed E-state index contributed by atoms with van der Waals surface area (Å²) in [4.78, 5) is 2.35. The zero-order valence-electron chi connectivity index (χ0n) is 35.0. The Hall–Kier alpha value is -8.46. The van der Waals surface area contributed by atoms with Crippen molar-refractivity contribution < 1.29 is 4.42 Å². The van der Waals surface area contributed by atoms with Gasteiger partial charge in [-0.05, 0) is 126 Å². The summed E-state index contributed by atoms with van der Waals surface area (Å²) in [5.74, 6) is 0. The third-order valence-corrected chi connectivity index (χ3v) is 12.7. The Morgan fingerprint density at radius 3 is 1.30 bits per heavy atom. The highest BCUT2D eigenvalue weighted by molar-refractivity contribution is 6.19. The van der Waals surface area contributed by atoms with Gasteiger partial charge in [-0.1, -0.05) is 194 Å². The number of nitrogens with zero attached hydrogens (tertiary/aromatic N) is 1. The van der Waals surface area contributed by atoms with Crippen molar-refractivity contribution in [2.75, 3.05) is 4.90 Å². The lowest BCUT2D eigenvalue weighted by Gasteiger charge is -2.26. The summed E-state index contributed by atoms with van der Waals surface area (Å²) >= 11 is 0. The molecule has 0 atom stereocenters. The first-order valence-corrected chi connectivity index (χ1v) is 21.9. The third-order valence-electron chi connectivity index (χ3n) is 12.7. The van der Waals surface area contributed by atoms with Gasteiger partial charge in [0.25, 0.3) is 0 Å². The predicted molar refractivity (Wildman–Crippen MR) is 271 cm³/mol. The molecule has 0 radical (unpaired) electrons. The van der Waals surface area contributed by atoms with Crippen molar-refractivity contribution in [2.24, 2.45) is 0 Å². The summed E-state index contributed by atoms with van der Waals surface area (Å²) in [6.07, 6.45) is 0. The molecule has 0 bridgehead atoms. The summed E-state index contributed by atoms with van der Waals surface area (Å²) < 4.78 is 6.55. The second kappa shape index (κ2) is 15.8. The average molecular weight is 816 g/mol. The molecule has 0 aliphatic carbocycles. The van der Waals surface area contributed by atoms with Gasteiger partial charge >= 0.3 is 0 Å². The van der Waals surface area contributed by atoms with Crippen molar-refractivity contribution in [3.8, 4) is 55.6 Å². The standard InChI is InChI=1S/C62H41NO/c1-2-9-42(10-3-1)44-17-19-45(20-18-44)47-27-34-54(35-28-47)63(55-36-29-48(30-37-55)46-21-23-49(24-22-46)53-26-25-43-11-4-5-13-52(43)41-53)56-38-31-51(32-39-56)57-15-8-16-60-61(57)59-40-33-50-12-6-7-14-58(50)62(59)64-60/h1-41H. The number of hydrogen-bond acceptors (Lipinski definition) is 2. The Morgan fingerprint density at radius 1 is 0.266 bits per heavy atom. The van der Waals surface area contributed by atoms with E-state index < -0.39 is 0 Å². The molecule has 0 N–H and O–H groups in total. The van der Waals surface area contributed by atoms with Crippen molar-refractivity contribution in [3.63, 3.8) is 0 Å². The maximum atomic E-state index is 6.55. The molecular formula is C62H41NO. The first kappa shape index (κ1) is 37.3. The van der Waals surface area contributed by atoms with Crippen LogP contribution in [0.25, 0.3) is 99.1 Å². The maximum absolute atomic E-state index is 6.55. The van der Waals surface area contributed by atoms with Crippen molar-refractivity contribution in [1.82, 2.24) is 0 Å². The molecule has 2 nitrogen and oxygen atoms in total. The van der Waals surface area contributed by atoms with Crippen LogP contribution in [0.4, 0.5) is 17.1 Å². The summed E-state index contributed by atoms with van der Waals surface area (Å²) in [5, 5.41) is 7.09. The van der Waals surface area contributed by atoms with Crippen LogP contribution in [-0.4, -0.2) is 0 Å². The minimum Gasteiger partial charge on any atom is -0.455 e. The summed E-state index contributed by atoms with van der Waals surface area (Å²) in [6.45, 7) is 0. The van der Waals surface area contributed by atoms with E-state index >= 15 is 0 Å². The Bertz CT molecular complexity index is 3610. The molecule has 1 heterocycles. The molecule has 0 fully saturated rings. The lowest BCUT2D eigenvalue weighted by atomic mass is 9.97. The Morgan fingerprint density at radius 2 is 0.703 bits per heavy atom. The van der Waals surface area contributed by atoms with Crippen LogP contribution in [-0.2, 0) is 0 Å². The van der Waals surface area contributed by atoms with Gasteiger partial charge in [-0.25, -0.2) is 0 Å². The number of furan rings is 1. The molecule has 300 valence electrons. The van der Waals surface area contributed by atoms with E-state index in [4.69, 9.17) is 4.42 Å². The molecule has 11 aromatic carbocycles. The van der Waals surface area contributed by atoms with E-state index in [1.807, 2.05) is 0 Å². The van der Waals surface area contributed by atoms with Crippen LogP contribution in [0, 0.1) is 0 Å². The van der Waals surface area contributed by atoms with Crippen molar-refractivity contribution in [1.29, 1.82) is 0 Å². The fourth-order valence-electron chi connectivity index (χ4n) is 9.35. The second-order valence-electron chi connectivity index (χ2n) is 16.5. The maximum Gasteiger partial charge on any atom is 0.143 e. The van der Waals surface area contributed by atoms with Crippen LogP contribution >= 0.6 is 0 Å². The fraction of sp³-hybridized carbons (Fsp3) is 0. The van der Waals surface area contributed by atoms with Gasteiger partial charge in [0.15, 0.2) is 0 Å². The highest BCUT2D eigenvalue weighted by Crippen LogP contribution is 2.42. The molecule has 12 rings (SSSR count). The smallest absolute Gasteiger partial charge is 0.143 e. The minimum absolute atomic E-state index is 0.896. The van der Waals surface area contributed by atoms with Crippen molar-refractivity contribution in [2.45, 2.75) is 0 Å². The molecule has 2 heteroatoms. The van der Waals surface area contributed by atoms with E-state index in [0.717, 1.165) is 55.5 Å². The van der Waals surface area contributed by atoms with E-state index in [0.29, 0.717) is 0 Å². The number of fused-ring (bicyclic) bond motifs is 6. The normalized spacial score (nSPS) is 11.4. The van der Waals surface area contributed by atoms with Crippen LogP contribution in [0.15, 0.2) is 253 Å². The molecule has 0 aliphatic heterocycles. The van der Waals surface area contributed by atoms with Gasteiger partial charge in [-0.15, -0.1) is 0 Å². The molecule has 0 spiro atoms. The van der Waals surface area contributed by atoms with Gasteiger partial charge in [0.1, 0.15) is 11.2 Å². The number of anilines is 3. The molecule has 0 unspecified atom stereocenters. The first-order valence-electron chi connectivity index (χ1n) is 21.9. The molecule has 64 heavy (non-hydrogen) atoms. The molecule has 0 saturated heterocycles. The molecule has 12 aromatic rings. The van der Waals surface area contributed by atoms with E-state index in [2.05, 4.69) is 254 Å². The molecule has 0 aliphatic rings. The molecule has 0 saturated carbocycles. The predicted octanol–water partition coefficient (Wildman–Crippen LogP) is 17.7. The van der Waals surface area contributed by atoms with Gasteiger partial charge in [-0.2, -0.15) is 0 Å². The van der Waals surface area contributed by atoms with Gasteiger partial charge in [0, 0.05) is 33.2 Å². The summed E-state index contributed by atoms with van der Waals surface area (Å²) in [7, 11) is 0. The molecular weight excluding hydrogens is 775 g/mol. The molecule has 1 aromatic heterocycles. The SMILES string of the molecule is c1ccc(-c2ccc(-c3ccc(N(c4ccc(-c5ccc(-c6ccc7ccccc7c6)cc5)cc4)c4ccc(-c5cccc6oc7c8ccccc8ccc7c56)cc4)cc3)cc2)cc1. The van der Waals surface area contributed by atoms with Crippen LogP contribution in [0.5, 0.6) is 0 Å². The molecule has 0 amide bonds. The van der Waals surface area contributed by atoms with Crippen LogP contribution in [0.3, 0.4) is 0 Å². The third kappa shape index (κ3) is 6.79.